The summed E-state index contributed by atoms with van der Waals surface area (Å²) in [6, 6.07) is 36.3. The number of carbonyl (C=O) groups excluding carboxylic acids is 1. The van der Waals surface area contributed by atoms with E-state index in [4.69, 9.17) is 21.4 Å². The van der Waals surface area contributed by atoms with E-state index >= 15 is 0 Å². The lowest BCUT2D eigenvalue weighted by molar-refractivity contribution is -0.117. The van der Waals surface area contributed by atoms with E-state index < -0.39 is 5.91 Å². The van der Waals surface area contributed by atoms with Crippen molar-refractivity contribution in [2.75, 3.05) is 0 Å². The van der Waals surface area contributed by atoms with Crippen molar-refractivity contribution in [3.63, 3.8) is 0 Å². The number of halogens is 1. The van der Waals surface area contributed by atoms with Crippen LogP contribution < -0.4 is 10.1 Å². The summed E-state index contributed by atoms with van der Waals surface area (Å²) >= 11 is 6.25. The summed E-state index contributed by atoms with van der Waals surface area (Å²) in [7, 11) is 0. The molecule has 0 atom stereocenters. The molecule has 196 valence electrons. The lowest BCUT2D eigenvalue weighted by Crippen LogP contribution is -2.23. The molecule has 6 nitrogen and oxygen atoms in total. The molecule has 0 saturated carbocycles. The first kappa shape index (κ1) is 26.5. The number of ether oxygens (including phenoxy) is 1. The summed E-state index contributed by atoms with van der Waals surface area (Å²) in [6.45, 7) is 0.670. The first-order chi connectivity index (χ1) is 19.6. The molecular weight excluding hydrogens is 520 g/mol. The highest BCUT2D eigenvalue weighted by Crippen LogP contribution is 2.28. The first-order valence-electron chi connectivity index (χ1n) is 12.7. The maximum Gasteiger partial charge on any atom is 0.262 e. The number of amides is 1. The Balaban J connectivity index is 1.41. The number of benzene rings is 4. The van der Waals surface area contributed by atoms with Crippen LogP contribution in [0.25, 0.3) is 23.0 Å². The van der Waals surface area contributed by atoms with Crippen LogP contribution in [0.4, 0.5) is 0 Å². The van der Waals surface area contributed by atoms with Crippen LogP contribution in [-0.4, -0.2) is 15.7 Å². The van der Waals surface area contributed by atoms with Crippen molar-refractivity contribution in [3.8, 4) is 28.8 Å². The van der Waals surface area contributed by atoms with Crippen molar-refractivity contribution in [3.05, 3.63) is 143 Å². The lowest BCUT2D eigenvalue weighted by atomic mass is 10.1. The predicted molar refractivity (Wildman–Crippen MR) is 157 cm³/mol. The van der Waals surface area contributed by atoms with Gasteiger partial charge in [0.1, 0.15) is 24.0 Å². The maximum absolute atomic E-state index is 12.9. The molecule has 1 heterocycles. The van der Waals surface area contributed by atoms with Crippen LogP contribution in [0.5, 0.6) is 5.75 Å². The van der Waals surface area contributed by atoms with Gasteiger partial charge in [-0.3, -0.25) is 4.79 Å². The quantitative estimate of drug-likeness (QED) is 0.160. The molecule has 5 aromatic rings. The van der Waals surface area contributed by atoms with E-state index in [1.54, 1.807) is 10.8 Å². The third kappa shape index (κ3) is 6.47. The van der Waals surface area contributed by atoms with Crippen LogP contribution in [-0.2, 0) is 17.9 Å². The molecule has 0 bridgehead atoms. The Morgan fingerprint density at radius 2 is 1.60 bits per heavy atom. The summed E-state index contributed by atoms with van der Waals surface area (Å²) in [5.41, 5.74) is 4.78. The Morgan fingerprint density at radius 1 is 0.925 bits per heavy atom. The molecule has 1 aromatic heterocycles. The minimum Gasteiger partial charge on any atom is -0.489 e. The zero-order valence-corrected chi connectivity index (χ0v) is 22.3. The van der Waals surface area contributed by atoms with Gasteiger partial charge in [0.05, 0.1) is 11.4 Å². The molecule has 7 heteroatoms. The Labute approximate surface area is 237 Å². The number of hydrogen-bond acceptors (Lipinski definition) is 4. The van der Waals surface area contributed by atoms with Crippen molar-refractivity contribution in [2.45, 2.75) is 13.2 Å². The van der Waals surface area contributed by atoms with E-state index in [2.05, 4.69) is 5.32 Å². The largest absolute Gasteiger partial charge is 0.489 e. The van der Waals surface area contributed by atoms with E-state index in [1.807, 2.05) is 121 Å². The molecule has 0 aliphatic carbocycles. The molecule has 4 aromatic carbocycles. The van der Waals surface area contributed by atoms with Gasteiger partial charge in [0.25, 0.3) is 5.91 Å². The number of nitrogens with one attached hydrogen (secondary N) is 1. The average Bonchev–Trinajstić information content (AvgIpc) is 3.43. The van der Waals surface area contributed by atoms with Crippen molar-refractivity contribution in [1.29, 1.82) is 5.26 Å². The van der Waals surface area contributed by atoms with Crippen molar-refractivity contribution >= 4 is 23.6 Å². The molecule has 1 amide bonds. The Hall–Kier alpha value is -5.12. The second-order valence-electron chi connectivity index (χ2n) is 8.96. The molecule has 0 aliphatic heterocycles. The maximum atomic E-state index is 12.9. The zero-order chi connectivity index (χ0) is 27.7. The number of para-hydroxylation sites is 1. The minimum atomic E-state index is -0.451. The minimum absolute atomic E-state index is 0.00974. The fourth-order valence-corrected chi connectivity index (χ4v) is 4.28. The molecule has 0 fully saturated rings. The average molecular weight is 545 g/mol. The van der Waals surface area contributed by atoms with Gasteiger partial charge in [0.2, 0.25) is 0 Å². The zero-order valence-electron chi connectivity index (χ0n) is 21.5. The number of nitriles is 1. The van der Waals surface area contributed by atoms with E-state index in [-0.39, 0.29) is 5.57 Å². The summed E-state index contributed by atoms with van der Waals surface area (Å²) in [4.78, 5) is 12.9. The standard InChI is InChI=1S/C33H25ClN4O2/c34-31-14-8-7-11-26(31)23-40-30-17-15-25(16-18-30)32-28(22-38(37-32)29-12-5-2-6-13-29)19-27(20-35)33(39)36-21-24-9-3-1-4-10-24/h1-19,22H,21,23H2,(H,36,39)/b27-19+. The summed E-state index contributed by atoms with van der Waals surface area (Å²) in [5, 5.41) is 18.1. The number of carbonyl (C=O) groups is 1. The van der Waals surface area contributed by atoms with Gasteiger partial charge in [-0.1, -0.05) is 78.3 Å². The molecule has 0 aliphatic rings. The van der Waals surface area contributed by atoms with Crippen LogP contribution in [0.1, 0.15) is 16.7 Å². The fourth-order valence-electron chi connectivity index (χ4n) is 4.09. The summed E-state index contributed by atoms with van der Waals surface area (Å²) in [6.07, 6.45) is 3.39. The van der Waals surface area contributed by atoms with Gasteiger partial charge in [-0.15, -0.1) is 0 Å². The molecule has 5 rings (SSSR count). The topological polar surface area (TPSA) is 79.9 Å². The van der Waals surface area contributed by atoms with Gasteiger partial charge in [-0.2, -0.15) is 10.4 Å². The second-order valence-corrected chi connectivity index (χ2v) is 9.36. The Morgan fingerprint density at radius 3 is 2.30 bits per heavy atom. The van der Waals surface area contributed by atoms with Crippen molar-refractivity contribution in [1.82, 2.24) is 15.1 Å². The van der Waals surface area contributed by atoms with E-state index in [9.17, 15) is 10.1 Å². The van der Waals surface area contributed by atoms with Crippen molar-refractivity contribution in [2.24, 2.45) is 0 Å². The smallest absolute Gasteiger partial charge is 0.262 e. The van der Waals surface area contributed by atoms with Crippen LogP contribution in [0, 0.1) is 11.3 Å². The molecule has 0 unspecified atom stereocenters. The first-order valence-corrected chi connectivity index (χ1v) is 13.0. The molecule has 1 N–H and O–H groups in total. The predicted octanol–water partition coefficient (Wildman–Crippen LogP) is 7.00. The highest BCUT2D eigenvalue weighted by Gasteiger charge is 2.15. The third-order valence-electron chi connectivity index (χ3n) is 6.20. The van der Waals surface area contributed by atoms with Gasteiger partial charge in [-0.05, 0) is 54.1 Å². The van der Waals surface area contributed by atoms with Crippen molar-refractivity contribution < 1.29 is 9.53 Å². The third-order valence-corrected chi connectivity index (χ3v) is 6.57. The van der Waals surface area contributed by atoms with Gasteiger partial charge < -0.3 is 10.1 Å². The SMILES string of the molecule is N#C/C(=C\c1cn(-c2ccccc2)nc1-c1ccc(OCc2ccccc2Cl)cc1)C(=O)NCc1ccccc1. The molecule has 0 spiro atoms. The summed E-state index contributed by atoms with van der Waals surface area (Å²) in [5.74, 6) is 0.231. The highest BCUT2D eigenvalue weighted by molar-refractivity contribution is 6.31. The monoisotopic (exact) mass is 544 g/mol. The van der Waals surface area contributed by atoms with Crippen LogP contribution in [0.3, 0.4) is 0 Å². The molecule has 40 heavy (non-hydrogen) atoms. The fraction of sp³-hybridized carbons (Fsp3) is 0.0606. The molecular formula is C33H25ClN4O2. The lowest BCUT2D eigenvalue weighted by Gasteiger charge is -2.08. The molecule has 0 saturated heterocycles. The van der Waals surface area contributed by atoms with E-state index in [0.717, 1.165) is 22.4 Å². The number of aromatic nitrogens is 2. The normalized spacial score (nSPS) is 11.1. The van der Waals surface area contributed by atoms with Crippen LogP contribution >= 0.6 is 11.6 Å². The number of rotatable bonds is 9. The van der Waals surface area contributed by atoms with E-state index in [1.165, 1.54) is 0 Å². The number of nitrogens with zero attached hydrogens (tertiary/aromatic N) is 3. The van der Waals surface area contributed by atoms with Gasteiger partial charge in [0.15, 0.2) is 0 Å². The second kappa shape index (κ2) is 12.6. The van der Waals surface area contributed by atoms with Crippen LogP contribution in [0.15, 0.2) is 121 Å². The Bertz CT molecular complexity index is 1670. The van der Waals surface area contributed by atoms with Gasteiger partial charge >= 0.3 is 0 Å². The highest BCUT2D eigenvalue weighted by atomic mass is 35.5. The summed E-state index contributed by atoms with van der Waals surface area (Å²) < 4.78 is 7.66. The molecule has 0 radical (unpaired) electrons. The van der Waals surface area contributed by atoms with Gasteiger partial charge in [0, 0.05) is 34.5 Å². The van der Waals surface area contributed by atoms with Crippen LogP contribution in [0.2, 0.25) is 5.02 Å². The number of hydrogen-bond donors (Lipinski definition) is 1. The Kier molecular flexibility index (Phi) is 8.35. The van der Waals surface area contributed by atoms with E-state index in [0.29, 0.717) is 35.2 Å². The van der Waals surface area contributed by atoms with Gasteiger partial charge in [-0.25, -0.2) is 4.68 Å².